The molecule has 2 aromatic heterocycles. The number of nitrogens with zero attached hydrogens (tertiary/aromatic N) is 6. The van der Waals surface area contributed by atoms with Gasteiger partial charge < -0.3 is 9.30 Å². The van der Waals surface area contributed by atoms with Gasteiger partial charge in [0.05, 0.1) is 17.1 Å². The number of amides is 1. The third-order valence-electron chi connectivity index (χ3n) is 6.50. The van der Waals surface area contributed by atoms with Gasteiger partial charge in [-0.2, -0.15) is 5.10 Å². The second-order valence-corrected chi connectivity index (χ2v) is 8.90. The van der Waals surface area contributed by atoms with E-state index in [4.69, 9.17) is 4.98 Å². The zero-order valence-electron chi connectivity index (χ0n) is 19.1. The number of imidazole rings is 1. The lowest BCUT2D eigenvalue weighted by Crippen LogP contribution is -2.48. The van der Waals surface area contributed by atoms with Crippen molar-refractivity contribution in [1.29, 1.82) is 0 Å². The predicted octanol–water partition coefficient (Wildman–Crippen LogP) is 3.50. The molecule has 3 aromatic rings. The van der Waals surface area contributed by atoms with Crippen LogP contribution < -0.4 is 5.01 Å². The lowest BCUT2D eigenvalue weighted by atomic mass is 10.1. The van der Waals surface area contributed by atoms with Crippen LogP contribution >= 0.6 is 0 Å². The third kappa shape index (κ3) is 4.00. The molecule has 0 unspecified atom stereocenters. The summed E-state index contributed by atoms with van der Waals surface area (Å²) < 4.78 is 2.19. The summed E-state index contributed by atoms with van der Waals surface area (Å²) in [4.78, 5) is 22.1. The molecule has 2 aliphatic rings. The van der Waals surface area contributed by atoms with E-state index in [2.05, 4.69) is 53.5 Å². The fraction of sp³-hybridized carbons (Fsp3) is 0.400. The van der Waals surface area contributed by atoms with Crippen molar-refractivity contribution in [3.05, 3.63) is 65.1 Å². The number of fused-ring (bicyclic) bond motifs is 1. The van der Waals surface area contributed by atoms with Crippen molar-refractivity contribution >= 4 is 23.0 Å². The molecular weight excluding hydrogens is 400 g/mol. The van der Waals surface area contributed by atoms with Crippen LogP contribution in [-0.2, 0) is 6.54 Å². The standard InChI is InChI=1S/C25H30N6O/c1-18-8-10-30-23(20(3)26-24(30)16-18)17-28-12-14-29(15-13-28)25(32)21-4-6-22(7-5-21)31-11-9-19(2)27-31/h4-8,10,16H,9,11-15,17H2,1-3H3. The Labute approximate surface area is 189 Å². The normalized spacial score (nSPS) is 17.3. The monoisotopic (exact) mass is 430 g/mol. The quantitative estimate of drug-likeness (QED) is 0.636. The first-order chi connectivity index (χ1) is 15.5. The van der Waals surface area contributed by atoms with E-state index in [0.29, 0.717) is 0 Å². The summed E-state index contributed by atoms with van der Waals surface area (Å²) in [5.41, 5.74) is 7.47. The smallest absolute Gasteiger partial charge is 0.253 e. The second kappa shape index (κ2) is 8.39. The maximum atomic E-state index is 13.0. The second-order valence-electron chi connectivity index (χ2n) is 8.90. The summed E-state index contributed by atoms with van der Waals surface area (Å²) in [7, 11) is 0. The first-order valence-electron chi connectivity index (χ1n) is 11.4. The average molecular weight is 431 g/mol. The topological polar surface area (TPSA) is 56.5 Å². The Morgan fingerprint density at radius 3 is 2.41 bits per heavy atom. The number of hydrogen-bond donors (Lipinski definition) is 0. The Morgan fingerprint density at radius 2 is 1.72 bits per heavy atom. The lowest BCUT2D eigenvalue weighted by molar-refractivity contribution is 0.0626. The molecule has 1 saturated heterocycles. The van der Waals surface area contributed by atoms with Crippen LogP contribution in [-0.4, -0.2) is 63.5 Å². The van der Waals surface area contributed by atoms with Gasteiger partial charge in [-0.3, -0.25) is 14.7 Å². The van der Waals surface area contributed by atoms with Gasteiger partial charge in [-0.25, -0.2) is 4.98 Å². The fourth-order valence-corrected chi connectivity index (χ4v) is 4.55. The number of carbonyl (C=O) groups is 1. The Morgan fingerprint density at radius 1 is 0.969 bits per heavy atom. The Kier molecular flexibility index (Phi) is 5.43. The molecule has 0 spiro atoms. The molecule has 0 bridgehead atoms. The summed E-state index contributed by atoms with van der Waals surface area (Å²) in [6.07, 6.45) is 3.11. The maximum absolute atomic E-state index is 13.0. The van der Waals surface area contributed by atoms with E-state index >= 15 is 0 Å². The zero-order valence-corrected chi connectivity index (χ0v) is 19.1. The molecule has 7 nitrogen and oxygen atoms in total. The van der Waals surface area contributed by atoms with Gasteiger partial charge in [0.2, 0.25) is 0 Å². The van der Waals surface area contributed by atoms with Crippen molar-refractivity contribution in [2.24, 2.45) is 5.10 Å². The molecule has 1 aromatic carbocycles. The Balaban J connectivity index is 1.20. The molecule has 0 saturated carbocycles. The van der Waals surface area contributed by atoms with Gasteiger partial charge in [-0.05, 0) is 62.7 Å². The first kappa shape index (κ1) is 20.7. The molecule has 0 atom stereocenters. The highest BCUT2D eigenvalue weighted by atomic mass is 16.2. The van der Waals surface area contributed by atoms with E-state index in [1.807, 2.05) is 34.2 Å². The van der Waals surface area contributed by atoms with Gasteiger partial charge in [0.15, 0.2) is 0 Å². The number of pyridine rings is 1. The number of piperazine rings is 1. The minimum atomic E-state index is 0.110. The van der Waals surface area contributed by atoms with Crippen LogP contribution in [0.1, 0.15) is 40.7 Å². The van der Waals surface area contributed by atoms with Crippen LogP contribution in [0.5, 0.6) is 0 Å². The van der Waals surface area contributed by atoms with Crippen molar-refractivity contribution in [3.63, 3.8) is 0 Å². The highest BCUT2D eigenvalue weighted by Crippen LogP contribution is 2.21. The first-order valence-corrected chi connectivity index (χ1v) is 11.4. The SMILES string of the molecule is CC1=NN(c2ccc(C(=O)N3CCN(Cc4c(C)nc5cc(C)ccn45)CC3)cc2)CC1. The van der Waals surface area contributed by atoms with Gasteiger partial charge in [0.1, 0.15) is 5.65 Å². The number of anilines is 1. The summed E-state index contributed by atoms with van der Waals surface area (Å²) in [6.45, 7) is 11.2. The molecular formula is C25H30N6O. The molecule has 4 heterocycles. The van der Waals surface area contributed by atoms with Crippen LogP contribution in [0.15, 0.2) is 47.7 Å². The van der Waals surface area contributed by atoms with Gasteiger partial charge in [-0.15, -0.1) is 0 Å². The largest absolute Gasteiger partial charge is 0.336 e. The van der Waals surface area contributed by atoms with Crippen molar-refractivity contribution < 1.29 is 4.79 Å². The molecule has 0 radical (unpaired) electrons. The Bertz CT molecular complexity index is 1170. The highest BCUT2D eigenvalue weighted by Gasteiger charge is 2.24. The molecule has 32 heavy (non-hydrogen) atoms. The zero-order chi connectivity index (χ0) is 22.2. The lowest BCUT2D eigenvalue weighted by Gasteiger charge is -2.34. The minimum Gasteiger partial charge on any atom is -0.336 e. The number of aryl methyl sites for hydroxylation is 2. The number of hydrazone groups is 1. The average Bonchev–Trinajstić information content (AvgIpc) is 3.36. The molecule has 0 N–H and O–H groups in total. The van der Waals surface area contributed by atoms with Crippen molar-refractivity contribution in [2.45, 2.75) is 33.7 Å². The maximum Gasteiger partial charge on any atom is 0.253 e. The van der Waals surface area contributed by atoms with E-state index in [1.165, 1.54) is 11.3 Å². The summed E-state index contributed by atoms with van der Waals surface area (Å²) in [5, 5.41) is 6.54. The van der Waals surface area contributed by atoms with Crippen LogP contribution in [0.25, 0.3) is 5.65 Å². The number of benzene rings is 1. The van der Waals surface area contributed by atoms with Crippen LogP contribution in [0.2, 0.25) is 0 Å². The van der Waals surface area contributed by atoms with Gasteiger partial charge >= 0.3 is 0 Å². The van der Waals surface area contributed by atoms with Crippen molar-refractivity contribution in [1.82, 2.24) is 19.2 Å². The molecule has 166 valence electrons. The van der Waals surface area contributed by atoms with Crippen LogP contribution in [0.3, 0.4) is 0 Å². The number of rotatable bonds is 4. The number of carbonyl (C=O) groups excluding carboxylic acids is 1. The molecule has 1 fully saturated rings. The number of hydrogen-bond acceptors (Lipinski definition) is 5. The highest BCUT2D eigenvalue weighted by molar-refractivity contribution is 5.94. The van der Waals surface area contributed by atoms with E-state index in [1.54, 1.807) is 0 Å². The molecule has 2 aliphatic heterocycles. The minimum absolute atomic E-state index is 0.110. The van der Waals surface area contributed by atoms with Gasteiger partial charge in [0, 0.05) is 63.2 Å². The van der Waals surface area contributed by atoms with E-state index < -0.39 is 0 Å². The molecule has 7 heteroatoms. The molecule has 1 amide bonds. The Hall–Kier alpha value is -3.19. The third-order valence-corrected chi connectivity index (χ3v) is 6.50. The predicted molar refractivity (Wildman–Crippen MR) is 127 cm³/mol. The van der Waals surface area contributed by atoms with Crippen LogP contribution in [0, 0.1) is 13.8 Å². The molecule has 0 aliphatic carbocycles. The van der Waals surface area contributed by atoms with Crippen LogP contribution in [0.4, 0.5) is 5.69 Å². The van der Waals surface area contributed by atoms with Gasteiger partial charge in [0.25, 0.3) is 5.91 Å². The molecule has 5 rings (SSSR count). The van der Waals surface area contributed by atoms with Crippen molar-refractivity contribution in [3.8, 4) is 0 Å². The summed E-state index contributed by atoms with van der Waals surface area (Å²) in [6, 6.07) is 12.1. The fourth-order valence-electron chi connectivity index (χ4n) is 4.55. The van der Waals surface area contributed by atoms with Gasteiger partial charge in [-0.1, -0.05) is 0 Å². The van der Waals surface area contributed by atoms with E-state index in [9.17, 15) is 4.79 Å². The van der Waals surface area contributed by atoms with E-state index in [0.717, 1.165) is 74.0 Å². The summed E-state index contributed by atoms with van der Waals surface area (Å²) >= 11 is 0. The van der Waals surface area contributed by atoms with E-state index in [-0.39, 0.29) is 5.91 Å². The number of aromatic nitrogens is 2. The van der Waals surface area contributed by atoms with Crippen molar-refractivity contribution in [2.75, 3.05) is 37.7 Å². The summed E-state index contributed by atoms with van der Waals surface area (Å²) in [5.74, 6) is 0.110.